The minimum atomic E-state index is 0. The summed E-state index contributed by atoms with van der Waals surface area (Å²) >= 11 is 0. The van der Waals surface area contributed by atoms with Crippen LogP contribution in [0.4, 0.5) is 0 Å². The van der Waals surface area contributed by atoms with Crippen LogP contribution in [-0.2, 0) is 19.6 Å². The van der Waals surface area contributed by atoms with Crippen molar-refractivity contribution in [3.63, 3.8) is 0 Å². The quantitative estimate of drug-likeness (QED) is 0.301. The molecule has 2 aromatic carbocycles. The van der Waals surface area contributed by atoms with Gasteiger partial charge in [0.05, 0.1) is 14.2 Å². The first-order chi connectivity index (χ1) is 15.5. The molecule has 1 heterocycles. The fourth-order valence-electron chi connectivity index (χ4n) is 4.08. The Labute approximate surface area is 215 Å². The van der Waals surface area contributed by atoms with E-state index in [-0.39, 0.29) is 24.0 Å². The summed E-state index contributed by atoms with van der Waals surface area (Å²) in [5.41, 5.74) is 3.75. The molecule has 3 rings (SSSR count). The molecule has 0 saturated carbocycles. The average molecular weight is 568 g/mol. The highest BCUT2D eigenvalue weighted by Gasteiger charge is 2.21. The van der Waals surface area contributed by atoms with E-state index < -0.39 is 0 Å². The maximum absolute atomic E-state index is 5.54. The van der Waals surface area contributed by atoms with Crippen molar-refractivity contribution in [1.82, 2.24) is 20.0 Å². The Bertz CT molecular complexity index is 898. The van der Waals surface area contributed by atoms with Crippen LogP contribution >= 0.6 is 24.0 Å². The number of hydrogen-bond acceptors (Lipinski definition) is 5. The topological polar surface area (TPSA) is 52.6 Å². The normalized spacial score (nSPS) is 14.7. The molecule has 7 nitrogen and oxygen atoms in total. The van der Waals surface area contributed by atoms with E-state index in [1.807, 2.05) is 19.2 Å². The lowest BCUT2D eigenvalue weighted by Gasteiger charge is -2.36. The molecule has 1 saturated heterocycles. The molecule has 0 bridgehead atoms. The van der Waals surface area contributed by atoms with Gasteiger partial charge in [-0.25, -0.2) is 0 Å². The van der Waals surface area contributed by atoms with Crippen molar-refractivity contribution in [2.24, 2.45) is 4.99 Å². The highest BCUT2D eigenvalue weighted by Crippen LogP contribution is 2.25. The summed E-state index contributed by atoms with van der Waals surface area (Å²) in [6.45, 7) is 6.38. The molecular weight excluding hydrogens is 529 g/mol. The van der Waals surface area contributed by atoms with Gasteiger partial charge >= 0.3 is 0 Å². The van der Waals surface area contributed by atoms with Crippen LogP contribution in [0.3, 0.4) is 0 Å². The molecule has 0 spiro atoms. The van der Waals surface area contributed by atoms with Gasteiger partial charge in [0.1, 0.15) is 11.5 Å². The highest BCUT2D eigenvalue weighted by molar-refractivity contribution is 14.0. The number of piperazine rings is 1. The smallest absolute Gasteiger partial charge is 0.194 e. The molecule has 1 N–H and O–H groups in total. The Kier molecular flexibility index (Phi) is 11.2. The predicted molar refractivity (Wildman–Crippen MR) is 146 cm³/mol. The number of nitrogens with one attached hydrogen (secondary N) is 1. The van der Waals surface area contributed by atoms with Crippen LogP contribution in [0.2, 0.25) is 0 Å². The van der Waals surface area contributed by atoms with Crippen LogP contribution in [-0.4, -0.2) is 82.2 Å². The second-order valence-corrected chi connectivity index (χ2v) is 8.40. The second-order valence-electron chi connectivity index (χ2n) is 8.40. The summed E-state index contributed by atoms with van der Waals surface area (Å²) in [7, 11) is 9.46. The SMILES string of the molecule is CN=C(NCc1cccc(CN(C)C)c1)N1CCN(Cc2cc(OC)ccc2OC)CC1.I. The van der Waals surface area contributed by atoms with Gasteiger partial charge in [0, 0.05) is 58.4 Å². The van der Waals surface area contributed by atoms with E-state index in [1.54, 1.807) is 14.2 Å². The molecule has 0 radical (unpaired) electrons. The zero-order valence-electron chi connectivity index (χ0n) is 20.5. The van der Waals surface area contributed by atoms with Crippen molar-refractivity contribution in [2.45, 2.75) is 19.6 Å². The van der Waals surface area contributed by atoms with Gasteiger partial charge in [0.25, 0.3) is 0 Å². The Balaban J connectivity index is 0.00000385. The molecule has 0 aromatic heterocycles. The first-order valence-electron chi connectivity index (χ1n) is 11.1. The van der Waals surface area contributed by atoms with Gasteiger partial charge in [-0.1, -0.05) is 24.3 Å². The number of halogens is 1. The lowest BCUT2D eigenvalue weighted by Crippen LogP contribution is -2.52. The zero-order chi connectivity index (χ0) is 22.9. The van der Waals surface area contributed by atoms with Crippen molar-refractivity contribution in [3.8, 4) is 11.5 Å². The van der Waals surface area contributed by atoms with E-state index in [9.17, 15) is 0 Å². The fraction of sp³-hybridized carbons (Fsp3) is 0.480. The second kappa shape index (κ2) is 13.6. The van der Waals surface area contributed by atoms with Crippen molar-refractivity contribution in [1.29, 1.82) is 0 Å². The third-order valence-electron chi connectivity index (χ3n) is 5.71. The van der Waals surface area contributed by atoms with Crippen LogP contribution in [0.1, 0.15) is 16.7 Å². The van der Waals surface area contributed by atoms with E-state index in [0.717, 1.165) is 68.8 Å². The van der Waals surface area contributed by atoms with Crippen LogP contribution < -0.4 is 14.8 Å². The number of benzene rings is 2. The van der Waals surface area contributed by atoms with Crippen LogP contribution in [0.5, 0.6) is 11.5 Å². The van der Waals surface area contributed by atoms with Gasteiger partial charge in [0.2, 0.25) is 0 Å². The molecular formula is C25H38IN5O2. The summed E-state index contributed by atoms with van der Waals surface area (Å²) in [5.74, 6) is 2.72. The van der Waals surface area contributed by atoms with Crippen molar-refractivity contribution >= 4 is 29.9 Å². The third kappa shape index (κ3) is 8.04. The molecule has 0 atom stereocenters. The van der Waals surface area contributed by atoms with Gasteiger partial charge in [-0.3, -0.25) is 9.89 Å². The van der Waals surface area contributed by atoms with Gasteiger partial charge in [-0.15, -0.1) is 24.0 Å². The van der Waals surface area contributed by atoms with E-state index in [0.29, 0.717) is 0 Å². The van der Waals surface area contributed by atoms with Crippen molar-refractivity contribution < 1.29 is 9.47 Å². The number of methoxy groups -OCH3 is 2. The van der Waals surface area contributed by atoms with E-state index >= 15 is 0 Å². The van der Waals surface area contributed by atoms with Crippen LogP contribution in [0.25, 0.3) is 0 Å². The number of hydrogen-bond donors (Lipinski definition) is 1. The molecule has 2 aromatic rings. The van der Waals surface area contributed by atoms with Gasteiger partial charge in [-0.2, -0.15) is 0 Å². The average Bonchev–Trinajstić information content (AvgIpc) is 2.80. The first kappa shape index (κ1) is 27.2. The lowest BCUT2D eigenvalue weighted by atomic mass is 10.1. The van der Waals surface area contributed by atoms with Gasteiger partial charge in [0.15, 0.2) is 5.96 Å². The van der Waals surface area contributed by atoms with Crippen LogP contribution in [0.15, 0.2) is 47.5 Å². The summed E-state index contributed by atoms with van der Waals surface area (Å²) in [4.78, 5) is 11.5. The minimum absolute atomic E-state index is 0. The summed E-state index contributed by atoms with van der Waals surface area (Å²) in [6.07, 6.45) is 0. The molecule has 182 valence electrons. The number of nitrogens with zero attached hydrogens (tertiary/aromatic N) is 4. The fourth-order valence-corrected chi connectivity index (χ4v) is 4.08. The van der Waals surface area contributed by atoms with Gasteiger partial charge in [-0.05, 0) is 43.4 Å². The molecule has 0 amide bonds. The Morgan fingerprint density at radius 2 is 1.73 bits per heavy atom. The Morgan fingerprint density at radius 1 is 1.00 bits per heavy atom. The summed E-state index contributed by atoms with van der Waals surface area (Å²) < 4.78 is 10.9. The zero-order valence-corrected chi connectivity index (χ0v) is 22.8. The number of rotatable bonds is 8. The summed E-state index contributed by atoms with van der Waals surface area (Å²) in [6, 6.07) is 14.7. The number of aliphatic imine (C=N–C) groups is 1. The molecule has 1 aliphatic rings. The molecule has 33 heavy (non-hydrogen) atoms. The van der Waals surface area contributed by atoms with Crippen LogP contribution in [0, 0.1) is 0 Å². The number of guanidine groups is 1. The monoisotopic (exact) mass is 567 g/mol. The largest absolute Gasteiger partial charge is 0.497 e. The standard InChI is InChI=1S/C25H37N5O2.HI/c1-26-25(27-17-20-7-6-8-21(15-20)18-28(2)3)30-13-11-29(12-14-30)19-22-16-23(31-4)9-10-24(22)32-5;/h6-10,15-16H,11-14,17-19H2,1-5H3,(H,26,27);1H. The third-order valence-corrected chi connectivity index (χ3v) is 5.71. The minimum Gasteiger partial charge on any atom is -0.497 e. The number of ether oxygens (including phenoxy) is 2. The Hall–Kier alpha value is -2.04. The molecule has 0 aliphatic carbocycles. The predicted octanol–water partition coefficient (Wildman–Crippen LogP) is 3.28. The van der Waals surface area contributed by atoms with Crippen molar-refractivity contribution in [2.75, 3.05) is 61.5 Å². The van der Waals surface area contributed by atoms with Gasteiger partial charge < -0.3 is 24.6 Å². The molecule has 1 aliphatic heterocycles. The summed E-state index contributed by atoms with van der Waals surface area (Å²) in [5, 5.41) is 3.54. The van der Waals surface area contributed by atoms with Crippen molar-refractivity contribution in [3.05, 3.63) is 59.2 Å². The highest BCUT2D eigenvalue weighted by atomic mass is 127. The Morgan fingerprint density at radius 3 is 2.36 bits per heavy atom. The molecule has 1 fully saturated rings. The lowest BCUT2D eigenvalue weighted by molar-refractivity contribution is 0.171. The maximum atomic E-state index is 5.54. The van der Waals surface area contributed by atoms with E-state index in [4.69, 9.17) is 9.47 Å². The van der Waals surface area contributed by atoms with E-state index in [2.05, 4.69) is 69.4 Å². The molecule has 8 heteroatoms. The molecule has 0 unspecified atom stereocenters. The van der Waals surface area contributed by atoms with E-state index in [1.165, 1.54) is 11.1 Å². The maximum Gasteiger partial charge on any atom is 0.194 e. The first-order valence-corrected chi connectivity index (χ1v) is 11.1.